The van der Waals surface area contributed by atoms with Crippen molar-refractivity contribution in [3.8, 4) is 5.75 Å². The third-order valence-electron chi connectivity index (χ3n) is 3.37. The van der Waals surface area contributed by atoms with Crippen LogP contribution < -0.4 is 10.1 Å². The summed E-state index contributed by atoms with van der Waals surface area (Å²) >= 11 is 0. The highest BCUT2D eigenvalue weighted by molar-refractivity contribution is 6.14. The number of carbonyl (C=O) groups is 1. The lowest BCUT2D eigenvalue weighted by Crippen LogP contribution is -2.41. The highest BCUT2D eigenvalue weighted by Crippen LogP contribution is 2.27. The van der Waals surface area contributed by atoms with Gasteiger partial charge >= 0.3 is 6.36 Å². The summed E-state index contributed by atoms with van der Waals surface area (Å²) in [4.78, 5) is 20.1. The molecule has 0 spiro atoms. The van der Waals surface area contributed by atoms with E-state index in [-0.39, 0.29) is 23.4 Å². The molecule has 0 saturated heterocycles. The van der Waals surface area contributed by atoms with E-state index >= 15 is 0 Å². The van der Waals surface area contributed by atoms with Crippen LogP contribution in [0.1, 0.15) is 26.5 Å². The second kappa shape index (κ2) is 5.01. The lowest BCUT2D eigenvalue weighted by atomic mass is 9.89. The number of nitrogens with one attached hydrogen (secondary N) is 1. The molecule has 114 valence electrons. The minimum absolute atomic E-state index is 0.0252. The van der Waals surface area contributed by atoms with Gasteiger partial charge in [-0.2, -0.15) is 0 Å². The molecule has 21 heavy (non-hydrogen) atoms. The molecule has 0 saturated carbocycles. The Morgan fingerprint density at radius 3 is 2.43 bits per heavy atom. The Kier molecular flexibility index (Phi) is 3.65. The first kappa shape index (κ1) is 15.3. The average Bonchev–Trinajstić information content (AvgIpc) is 2.66. The summed E-state index contributed by atoms with van der Waals surface area (Å²) < 4.78 is 39.9. The van der Waals surface area contributed by atoms with Gasteiger partial charge < -0.3 is 10.1 Å². The molecule has 1 aliphatic heterocycles. The molecule has 0 aliphatic carbocycles. The highest BCUT2D eigenvalue weighted by atomic mass is 19.4. The molecular formula is C13H14F3N3O2. The first-order valence-electron chi connectivity index (χ1n) is 6.25. The molecule has 2 heterocycles. The number of pyridine rings is 1. The van der Waals surface area contributed by atoms with Gasteiger partial charge in [0.15, 0.2) is 5.84 Å². The molecule has 0 aromatic carbocycles. The second-order valence-electron chi connectivity index (χ2n) is 5.14. The van der Waals surface area contributed by atoms with Crippen molar-refractivity contribution in [1.29, 1.82) is 0 Å². The quantitative estimate of drug-likeness (QED) is 0.931. The van der Waals surface area contributed by atoms with Gasteiger partial charge in [0.1, 0.15) is 17.0 Å². The molecule has 1 amide bonds. The van der Waals surface area contributed by atoms with Gasteiger partial charge in [-0.05, 0) is 25.0 Å². The zero-order valence-electron chi connectivity index (χ0n) is 11.7. The number of amides is 1. The van der Waals surface area contributed by atoms with Crippen LogP contribution in [-0.2, 0) is 4.79 Å². The van der Waals surface area contributed by atoms with E-state index in [0.717, 1.165) is 12.3 Å². The van der Waals surface area contributed by atoms with Crippen LogP contribution in [0.2, 0.25) is 0 Å². The molecule has 0 fully saturated rings. The van der Waals surface area contributed by atoms with Crippen molar-refractivity contribution in [2.45, 2.75) is 32.7 Å². The van der Waals surface area contributed by atoms with Gasteiger partial charge in [-0.1, -0.05) is 13.8 Å². The standard InChI is InChI=1S/C13H14F3N3O2/c1-7(2)12(3)11(20)18-10(19-12)9-5-4-8(6-17-9)21-13(14,15)16/h4-7H,1-3H3,(H,18,19,20). The smallest absolute Gasteiger partial charge is 0.404 e. The van der Waals surface area contributed by atoms with Crippen molar-refractivity contribution in [2.24, 2.45) is 10.9 Å². The fraction of sp³-hybridized carbons (Fsp3) is 0.462. The number of hydrogen-bond acceptors (Lipinski definition) is 4. The Morgan fingerprint density at radius 1 is 1.33 bits per heavy atom. The Bertz CT molecular complexity index is 581. The molecule has 0 bridgehead atoms. The summed E-state index contributed by atoms with van der Waals surface area (Å²) in [6.45, 7) is 5.42. The molecule has 1 N–H and O–H groups in total. The van der Waals surface area contributed by atoms with Crippen LogP contribution in [0, 0.1) is 5.92 Å². The summed E-state index contributed by atoms with van der Waals surface area (Å²) in [5, 5.41) is 2.60. The summed E-state index contributed by atoms with van der Waals surface area (Å²) in [6, 6.07) is 2.43. The maximum absolute atomic E-state index is 12.1. The molecule has 2 rings (SSSR count). The highest BCUT2D eigenvalue weighted by Gasteiger charge is 2.42. The molecule has 1 atom stereocenters. The van der Waals surface area contributed by atoms with Crippen LogP contribution in [0.4, 0.5) is 13.2 Å². The van der Waals surface area contributed by atoms with E-state index in [4.69, 9.17) is 0 Å². The molecule has 0 radical (unpaired) electrons. The number of aromatic nitrogens is 1. The molecule has 1 aliphatic rings. The van der Waals surface area contributed by atoms with Gasteiger partial charge in [-0.25, -0.2) is 9.98 Å². The summed E-state index contributed by atoms with van der Waals surface area (Å²) in [7, 11) is 0. The van der Waals surface area contributed by atoms with E-state index in [1.54, 1.807) is 6.92 Å². The predicted octanol–water partition coefficient (Wildman–Crippen LogP) is 2.27. The van der Waals surface area contributed by atoms with Crippen LogP contribution in [0.5, 0.6) is 5.75 Å². The number of carbonyl (C=O) groups excluding carboxylic acids is 1. The lowest BCUT2D eigenvalue weighted by Gasteiger charge is -2.21. The summed E-state index contributed by atoms with van der Waals surface area (Å²) in [5.74, 6) is -0.467. The van der Waals surface area contributed by atoms with Crippen molar-refractivity contribution in [1.82, 2.24) is 10.3 Å². The van der Waals surface area contributed by atoms with Crippen LogP contribution >= 0.6 is 0 Å². The first-order chi connectivity index (χ1) is 9.62. The van der Waals surface area contributed by atoms with Crippen LogP contribution in [0.15, 0.2) is 23.3 Å². The predicted molar refractivity (Wildman–Crippen MR) is 68.8 cm³/mol. The third-order valence-corrected chi connectivity index (χ3v) is 3.37. The number of nitrogens with zero attached hydrogens (tertiary/aromatic N) is 2. The van der Waals surface area contributed by atoms with Crippen molar-refractivity contribution in [3.05, 3.63) is 24.0 Å². The maximum Gasteiger partial charge on any atom is 0.573 e. The Labute approximate surface area is 119 Å². The number of ether oxygens (including phenoxy) is 1. The monoisotopic (exact) mass is 301 g/mol. The number of rotatable bonds is 3. The van der Waals surface area contributed by atoms with Crippen molar-refractivity contribution in [3.63, 3.8) is 0 Å². The van der Waals surface area contributed by atoms with Gasteiger partial charge in [0.05, 0.1) is 6.20 Å². The van der Waals surface area contributed by atoms with E-state index < -0.39 is 17.7 Å². The summed E-state index contributed by atoms with van der Waals surface area (Å²) in [6.07, 6.45) is -3.83. The summed E-state index contributed by atoms with van der Waals surface area (Å²) in [5.41, 5.74) is -0.625. The number of hydrogen-bond donors (Lipinski definition) is 1. The van der Waals surface area contributed by atoms with Gasteiger partial charge in [0, 0.05) is 0 Å². The van der Waals surface area contributed by atoms with E-state index in [1.165, 1.54) is 6.07 Å². The lowest BCUT2D eigenvalue weighted by molar-refractivity contribution is -0.274. The van der Waals surface area contributed by atoms with E-state index in [9.17, 15) is 18.0 Å². The molecule has 1 unspecified atom stereocenters. The fourth-order valence-electron chi connectivity index (χ4n) is 1.77. The minimum atomic E-state index is -4.77. The van der Waals surface area contributed by atoms with Crippen LogP contribution in [-0.4, -0.2) is 28.6 Å². The Balaban J connectivity index is 2.23. The Morgan fingerprint density at radius 2 is 2.00 bits per heavy atom. The van der Waals surface area contributed by atoms with Gasteiger partial charge in [-0.15, -0.1) is 13.2 Å². The molecule has 1 aromatic heterocycles. The van der Waals surface area contributed by atoms with Crippen LogP contribution in [0.25, 0.3) is 0 Å². The van der Waals surface area contributed by atoms with Gasteiger partial charge in [0.2, 0.25) is 0 Å². The number of amidine groups is 1. The van der Waals surface area contributed by atoms with Crippen molar-refractivity contribution in [2.75, 3.05) is 0 Å². The minimum Gasteiger partial charge on any atom is -0.404 e. The number of halogens is 3. The largest absolute Gasteiger partial charge is 0.573 e. The number of alkyl halides is 3. The molecular weight excluding hydrogens is 287 g/mol. The molecule has 5 nitrogen and oxygen atoms in total. The molecule has 8 heteroatoms. The van der Waals surface area contributed by atoms with Gasteiger partial charge in [0.25, 0.3) is 5.91 Å². The maximum atomic E-state index is 12.1. The normalized spacial score (nSPS) is 22.2. The van der Waals surface area contributed by atoms with E-state index in [0.29, 0.717) is 0 Å². The Hall–Kier alpha value is -2.12. The van der Waals surface area contributed by atoms with Crippen LogP contribution in [0.3, 0.4) is 0 Å². The van der Waals surface area contributed by atoms with Gasteiger partial charge in [-0.3, -0.25) is 4.79 Å². The zero-order chi connectivity index (χ0) is 15.8. The van der Waals surface area contributed by atoms with E-state index in [1.807, 2.05) is 13.8 Å². The number of aliphatic imine (C=N–C) groups is 1. The topological polar surface area (TPSA) is 63.6 Å². The van der Waals surface area contributed by atoms with Crippen molar-refractivity contribution < 1.29 is 22.7 Å². The second-order valence-corrected chi connectivity index (χ2v) is 5.14. The SMILES string of the molecule is CC(C)C1(C)N=C(c2ccc(OC(F)(F)F)cn2)NC1=O. The average molecular weight is 301 g/mol. The van der Waals surface area contributed by atoms with E-state index in [2.05, 4.69) is 20.0 Å². The molecule has 1 aromatic rings. The zero-order valence-corrected chi connectivity index (χ0v) is 11.7. The fourth-order valence-corrected chi connectivity index (χ4v) is 1.77. The third kappa shape index (κ3) is 3.14. The van der Waals surface area contributed by atoms with Crippen molar-refractivity contribution >= 4 is 11.7 Å². The first-order valence-corrected chi connectivity index (χ1v) is 6.25.